The number of amides is 1. The zero-order valence-electron chi connectivity index (χ0n) is 17.2. The summed E-state index contributed by atoms with van der Waals surface area (Å²) in [6, 6.07) is 11.3. The second kappa shape index (κ2) is 9.31. The van der Waals surface area contributed by atoms with Crippen molar-refractivity contribution >= 4 is 33.0 Å². The normalized spacial score (nSPS) is 16.8. The van der Waals surface area contributed by atoms with E-state index in [9.17, 15) is 17.6 Å². The van der Waals surface area contributed by atoms with Crippen LogP contribution < -0.4 is 10.1 Å². The molecule has 0 saturated carbocycles. The Kier molecular flexibility index (Phi) is 6.49. The molecule has 3 aromatic rings. The number of nitrogens with zero attached hydrogens (tertiary/aromatic N) is 3. The summed E-state index contributed by atoms with van der Waals surface area (Å²) >= 11 is 1.03. The molecule has 0 radical (unpaired) electrons. The number of sulfonamides is 1. The van der Waals surface area contributed by atoms with E-state index in [1.54, 1.807) is 18.2 Å². The lowest BCUT2D eigenvalue weighted by Crippen LogP contribution is -2.30. The third kappa shape index (κ3) is 4.64. The van der Waals surface area contributed by atoms with Crippen LogP contribution in [0, 0.1) is 5.82 Å². The van der Waals surface area contributed by atoms with Crippen molar-refractivity contribution < 1.29 is 22.3 Å². The highest BCUT2D eigenvalue weighted by molar-refractivity contribution is 7.89. The van der Waals surface area contributed by atoms with Gasteiger partial charge in [-0.3, -0.25) is 4.79 Å². The molecule has 1 aliphatic rings. The van der Waals surface area contributed by atoms with Crippen LogP contribution in [-0.4, -0.2) is 42.0 Å². The van der Waals surface area contributed by atoms with Crippen molar-refractivity contribution in [2.24, 2.45) is 0 Å². The second-order valence-electron chi connectivity index (χ2n) is 7.09. The molecule has 2 heterocycles. The first kappa shape index (κ1) is 22.3. The zero-order chi connectivity index (χ0) is 22.7. The molecule has 168 valence electrons. The molecule has 1 atom stereocenters. The molecule has 0 aliphatic carbocycles. The van der Waals surface area contributed by atoms with Gasteiger partial charge < -0.3 is 10.1 Å². The summed E-state index contributed by atoms with van der Waals surface area (Å²) in [4.78, 5) is 12.6. The van der Waals surface area contributed by atoms with Crippen molar-refractivity contribution in [1.82, 2.24) is 14.5 Å². The number of aromatic nitrogens is 2. The van der Waals surface area contributed by atoms with Gasteiger partial charge in [0.05, 0.1) is 17.5 Å². The Morgan fingerprint density at radius 2 is 2.03 bits per heavy atom. The number of rotatable bonds is 7. The van der Waals surface area contributed by atoms with Gasteiger partial charge in [-0.2, -0.15) is 4.31 Å². The van der Waals surface area contributed by atoms with Crippen molar-refractivity contribution in [2.75, 3.05) is 18.5 Å². The number of halogens is 1. The highest BCUT2D eigenvalue weighted by atomic mass is 32.2. The van der Waals surface area contributed by atoms with E-state index < -0.39 is 27.8 Å². The largest absolute Gasteiger partial charge is 0.494 e. The highest BCUT2D eigenvalue weighted by Crippen LogP contribution is 2.38. The molecule has 1 aromatic heterocycles. The van der Waals surface area contributed by atoms with Crippen molar-refractivity contribution in [2.45, 2.75) is 30.7 Å². The van der Waals surface area contributed by atoms with Crippen LogP contribution in [0.2, 0.25) is 0 Å². The van der Waals surface area contributed by atoms with E-state index in [0.717, 1.165) is 11.3 Å². The molecule has 1 amide bonds. The molecule has 1 saturated heterocycles. The van der Waals surface area contributed by atoms with Crippen LogP contribution in [0.5, 0.6) is 5.75 Å². The van der Waals surface area contributed by atoms with E-state index in [2.05, 4.69) is 15.5 Å². The minimum absolute atomic E-state index is 0.0783. The minimum atomic E-state index is -3.76. The number of benzene rings is 2. The SMILES string of the molecule is CCOc1ccc(S(=O)(=O)N2CCC[C@@H]2c2nnc(C(=O)Nc3cccc(F)c3)s2)cc1. The second-order valence-corrected chi connectivity index (χ2v) is 9.99. The molecule has 11 heteroatoms. The number of ether oxygens (including phenoxy) is 1. The van der Waals surface area contributed by atoms with Crippen LogP contribution in [0.25, 0.3) is 0 Å². The molecule has 0 spiro atoms. The van der Waals surface area contributed by atoms with E-state index in [1.165, 1.54) is 34.6 Å². The fourth-order valence-electron chi connectivity index (χ4n) is 3.50. The quantitative estimate of drug-likeness (QED) is 0.556. The predicted molar refractivity (Wildman–Crippen MR) is 118 cm³/mol. The number of carbonyl (C=O) groups excluding carboxylic acids is 1. The molecule has 1 N–H and O–H groups in total. The minimum Gasteiger partial charge on any atom is -0.494 e. The van der Waals surface area contributed by atoms with Crippen molar-refractivity contribution in [3.8, 4) is 5.75 Å². The Balaban J connectivity index is 1.52. The van der Waals surface area contributed by atoms with Gasteiger partial charge in [0.1, 0.15) is 16.6 Å². The number of hydrogen-bond acceptors (Lipinski definition) is 7. The molecule has 0 bridgehead atoms. The van der Waals surface area contributed by atoms with E-state index in [4.69, 9.17) is 4.74 Å². The smallest absolute Gasteiger partial charge is 0.286 e. The summed E-state index contributed by atoms with van der Waals surface area (Å²) in [5.74, 6) is -0.400. The molecular formula is C21H21FN4O4S2. The van der Waals surface area contributed by atoms with Crippen LogP contribution in [0.15, 0.2) is 53.4 Å². The molecule has 32 heavy (non-hydrogen) atoms. The maximum Gasteiger partial charge on any atom is 0.286 e. The zero-order valence-corrected chi connectivity index (χ0v) is 18.8. The van der Waals surface area contributed by atoms with Gasteiger partial charge in [0.15, 0.2) is 0 Å². The van der Waals surface area contributed by atoms with Gasteiger partial charge in [-0.15, -0.1) is 10.2 Å². The Morgan fingerprint density at radius 1 is 1.25 bits per heavy atom. The van der Waals surface area contributed by atoms with E-state index in [1.807, 2.05) is 6.92 Å². The molecule has 1 fully saturated rings. The van der Waals surface area contributed by atoms with Gasteiger partial charge >= 0.3 is 0 Å². The number of hydrogen-bond donors (Lipinski definition) is 1. The van der Waals surface area contributed by atoms with Crippen LogP contribution in [-0.2, 0) is 10.0 Å². The fourth-order valence-corrected chi connectivity index (χ4v) is 6.11. The average Bonchev–Trinajstić information content (AvgIpc) is 3.44. The van der Waals surface area contributed by atoms with E-state index in [0.29, 0.717) is 42.4 Å². The highest BCUT2D eigenvalue weighted by Gasteiger charge is 2.38. The van der Waals surface area contributed by atoms with Crippen molar-refractivity contribution in [1.29, 1.82) is 0 Å². The lowest BCUT2D eigenvalue weighted by atomic mass is 10.2. The van der Waals surface area contributed by atoms with Crippen LogP contribution in [0.3, 0.4) is 0 Å². The van der Waals surface area contributed by atoms with Gasteiger partial charge in [0.2, 0.25) is 15.0 Å². The topological polar surface area (TPSA) is 101 Å². The molecule has 2 aromatic carbocycles. The lowest BCUT2D eigenvalue weighted by molar-refractivity contribution is 0.102. The van der Waals surface area contributed by atoms with Crippen LogP contribution in [0.1, 0.15) is 40.6 Å². The van der Waals surface area contributed by atoms with Crippen LogP contribution >= 0.6 is 11.3 Å². The molecule has 1 aliphatic heterocycles. The Bertz CT molecular complexity index is 1210. The Morgan fingerprint density at radius 3 is 2.75 bits per heavy atom. The first-order chi connectivity index (χ1) is 15.4. The fraction of sp³-hybridized carbons (Fsp3) is 0.286. The predicted octanol–water partition coefficient (Wildman–Crippen LogP) is 3.85. The molecule has 4 rings (SSSR count). The summed E-state index contributed by atoms with van der Waals surface area (Å²) in [7, 11) is -3.76. The molecule has 8 nitrogen and oxygen atoms in total. The standard InChI is InChI=1S/C21H21FN4O4S2/c1-2-30-16-8-10-17(11-9-16)32(28,29)26-12-4-7-18(26)20-24-25-21(31-20)19(27)23-15-6-3-5-14(22)13-15/h3,5-6,8-11,13,18H,2,4,7,12H2,1H3,(H,23,27)/t18-/m1/s1. The van der Waals surface area contributed by atoms with Gasteiger partial charge in [0.25, 0.3) is 5.91 Å². The summed E-state index contributed by atoms with van der Waals surface area (Å²) in [6.07, 6.45) is 1.25. The maximum absolute atomic E-state index is 13.3. The molecular weight excluding hydrogens is 455 g/mol. The molecule has 0 unspecified atom stereocenters. The third-order valence-electron chi connectivity index (χ3n) is 4.95. The third-order valence-corrected chi connectivity index (χ3v) is 7.89. The maximum atomic E-state index is 13.3. The van der Waals surface area contributed by atoms with Crippen molar-refractivity contribution in [3.05, 3.63) is 64.4 Å². The monoisotopic (exact) mass is 476 g/mol. The first-order valence-electron chi connectivity index (χ1n) is 10.0. The van der Waals surface area contributed by atoms with Gasteiger partial charge in [-0.1, -0.05) is 17.4 Å². The summed E-state index contributed by atoms with van der Waals surface area (Å²) < 4.78 is 46.6. The number of nitrogens with one attached hydrogen (secondary N) is 1. The summed E-state index contributed by atoms with van der Waals surface area (Å²) in [5, 5.41) is 11.1. The average molecular weight is 477 g/mol. The van der Waals surface area contributed by atoms with Gasteiger partial charge in [-0.25, -0.2) is 12.8 Å². The van der Waals surface area contributed by atoms with Gasteiger partial charge in [0, 0.05) is 12.2 Å². The summed E-state index contributed by atoms with van der Waals surface area (Å²) in [5.41, 5.74) is 0.298. The number of anilines is 1. The van der Waals surface area contributed by atoms with Crippen molar-refractivity contribution in [3.63, 3.8) is 0 Å². The number of carbonyl (C=O) groups is 1. The van der Waals surface area contributed by atoms with E-state index >= 15 is 0 Å². The Labute approximate surface area is 189 Å². The summed E-state index contributed by atoms with van der Waals surface area (Å²) in [6.45, 7) is 2.70. The first-order valence-corrected chi connectivity index (χ1v) is 12.3. The Hall–Kier alpha value is -2.89. The van der Waals surface area contributed by atoms with Crippen LogP contribution in [0.4, 0.5) is 10.1 Å². The van der Waals surface area contributed by atoms with Gasteiger partial charge in [-0.05, 0) is 62.2 Å². The lowest BCUT2D eigenvalue weighted by Gasteiger charge is -2.22. The van der Waals surface area contributed by atoms with E-state index in [-0.39, 0.29) is 9.90 Å².